The second-order valence-corrected chi connectivity index (χ2v) is 4.62. The Morgan fingerprint density at radius 1 is 1.44 bits per heavy atom. The summed E-state index contributed by atoms with van der Waals surface area (Å²) in [5, 5.41) is 4.20. The Bertz CT molecular complexity index is 386. The van der Waals surface area contributed by atoms with Crippen LogP contribution in [0.25, 0.3) is 0 Å². The van der Waals surface area contributed by atoms with Crippen molar-refractivity contribution in [3.63, 3.8) is 0 Å². The Labute approximate surface area is 108 Å². The van der Waals surface area contributed by atoms with E-state index in [2.05, 4.69) is 5.10 Å². The predicted octanol–water partition coefficient (Wildman–Crippen LogP) is 2.17. The summed E-state index contributed by atoms with van der Waals surface area (Å²) in [5.41, 5.74) is 6.01. The molecule has 5 heteroatoms. The highest BCUT2D eigenvalue weighted by molar-refractivity contribution is 5.97. The summed E-state index contributed by atoms with van der Waals surface area (Å²) in [6.07, 6.45) is 4.94. The summed E-state index contributed by atoms with van der Waals surface area (Å²) in [4.78, 5) is 12.2. The molecule has 1 aromatic rings. The zero-order valence-corrected chi connectivity index (χ0v) is 11.5. The van der Waals surface area contributed by atoms with Gasteiger partial charge in [-0.05, 0) is 33.2 Å². The van der Waals surface area contributed by atoms with E-state index in [1.54, 1.807) is 18.0 Å². The molecule has 0 saturated carbocycles. The minimum Gasteiger partial charge on any atom is -0.493 e. The Balaban J connectivity index is 2.73. The average Bonchev–Trinajstić information content (AvgIpc) is 2.78. The van der Waals surface area contributed by atoms with Gasteiger partial charge in [0, 0.05) is 12.5 Å². The molecule has 1 heterocycles. The highest BCUT2D eigenvalue weighted by Gasteiger charge is 2.20. The van der Waals surface area contributed by atoms with Crippen molar-refractivity contribution >= 4 is 5.78 Å². The number of ketones is 1. The molecule has 5 nitrogen and oxygen atoms in total. The van der Waals surface area contributed by atoms with Crippen LogP contribution < -0.4 is 10.5 Å². The molecule has 0 bridgehead atoms. The van der Waals surface area contributed by atoms with Crippen molar-refractivity contribution in [2.45, 2.75) is 45.6 Å². The third kappa shape index (κ3) is 3.57. The van der Waals surface area contributed by atoms with Gasteiger partial charge in [-0.2, -0.15) is 5.10 Å². The molecule has 0 saturated heterocycles. The fourth-order valence-corrected chi connectivity index (χ4v) is 1.88. The summed E-state index contributed by atoms with van der Waals surface area (Å²) in [6.45, 7) is 4.68. The lowest BCUT2D eigenvalue weighted by Gasteiger charge is -2.11. The number of Topliss-reactive ketones (excluding diaryl/α,β-unsaturated/α-hetero) is 1. The van der Waals surface area contributed by atoms with E-state index >= 15 is 0 Å². The summed E-state index contributed by atoms with van der Waals surface area (Å²) in [6, 6.07) is 0.150. The number of ether oxygens (including phenoxy) is 1. The summed E-state index contributed by atoms with van der Waals surface area (Å²) in [7, 11) is 1.56. The van der Waals surface area contributed by atoms with Crippen LogP contribution in [0, 0.1) is 0 Å². The number of carbonyl (C=O) groups excluding carboxylic acids is 1. The molecule has 1 rings (SSSR count). The second kappa shape index (κ2) is 7.16. The minimum atomic E-state index is 0.0927. The van der Waals surface area contributed by atoms with Crippen LogP contribution in [0.4, 0.5) is 0 Å². The first-order valence-electron chi connectivity index (χ1n) is 6.46. The Morgan fingerprint density at radius 2 is 2.17 bits per heavy atom. The number of hydrogen-bond acceptors (Lipinski definition) is 4. The molecule has 0 radical (unpaired) electrons. The van der Waals surface area contributed by atoms with Gasteiger partial charge in [0.1, 0.15) is 5.69 Å². The van der Waals surface area contributed by atoms with Gasteiger partial charge in [0.2, 0.25) is 0 Å². The lowest BCUT2D eigenvalue weighted by molar-refractivity contribution is 0.0963. The van der Waals surface area contributed by atoms with Gasteiger partial charge in [-0.1, -0.05) is 6.42 Å². The van der Waals surface area contributed by atoms with Gasteiger partial charge in [-0.25, -0.2) is 0 Å². The SMILES string of the molecule is COc1cnn(C(C)C)c1C(=O)CCCCCN. The Kier molecular flexibility index (Phi) is 5.85. The number of methoxy groups -OCH3 is 1. The number of carbonyl (C=O) groups is 1. The van der Waals surface area contributed by atoms with Gasteiger partial charge < -0.3 is 10.5 Å². The van der Waals surface area contributed by atoms with Crippen molar-refractivity contribution in [2.75, 3.05) is 13.7 Å². The normalized spacial score (nSPS) is 10.9. The van der Waals surface area contributed by atoms with Crippen molar-refractivity contribution in [3.05, 3.63) is 11.9 Å². The van der Waals surface area contributed by atoms with E-state index in [0.717, 1.165) is 19.3 Å². The number of unbranched alkanes of at least 4 members (excludes halogenated alkanes) is 2. The van der Waals surface area contributed by atoms with Gasteiger partial charge in [-0.15, -0.1) is 0 Å². The number of rotatable bonds is 8. The Hall–Kier alpha value is -1.36. The topological polar surface area (TPSA) is 70.1 Å². The van der Waals surface area contributed by atoms with Crippen LogP contribution in [0.1, 0.15) is 56.1 Å². The van der Waals surface area contributed by atoms with E-state index in [1.807, 2.05) is 13.8 Å². The smallest absolute Gasteiger partial charge is 0.184 e. The lowest BCUT2D eigenvalue weighted by atomic mass is 10.1. The fraction of sp³-hybridized carbons (Fsp3) is 0.692. The molecule has 0 unspecified atom stereocenters. The predicted molar refractivity (Wildman–Crippen MR) is 71.0 cm³/mol. The van der Waals surface area contributed by atoms with Crippen molar-refractivity contribution in [2.24, 2.45) is 5.73 Å². The van der Waals surface area contributed by atoms with Crippen LogP contribution in [0.5, 0.6) is 5.75 Å². The molecule has 2 N–H and O–H groups in total. The largest absolute Gasteiger partial charge is 0.493 e. The molecule has 0 aliphatic rings. The highest BCUT2D eigenvalue weighted by atomic mass is 16.5. The maximum absolute atomic E-state index is 12.2. The van der Waals surface area contributed by atoms with Crippen molar-refractivity contribution in [1.29, 1.82) is 0 Å². The molecule has 0 aromatic carbocycles. The molecule has 0 spiro atoms. The van der Waals surface area contributed by atoms with E-state index in [-0.39, 0.29) is 11.8 Å². The molecule has 0 aliphatic carbocycles. The van der Waals surface area contributed by atoms with Crippen molar-refractivity contribution in [3.8, 4) is 5.75 Å². The second-order valence-electron chi connectivity index (χ2n) is 4.62. The molecule has 0 fully saturated rings. The molecular weight excluding hydrogens is 230 g/mol. The van der Waals surface area contributed by atoms with E-state index in [4.69, 9.17) is 10.5 Å². The van der Waals surface area contributed by atoms with E-state index in [0.29, 0.717) is 24.4 Å². The molecule has 0 amide bonds. The van der Waals surface area contributed by atoms with Gasteiger partial charge in [0.25, 0.3) is 0 Å². The van der Waals surface area contributed by atoms with Crippen LogP contribution >= 0.6 is 0 Å². The molecule has 0 atom stereocenters. The number of hydrogen-bond donors (Lipinski definition) is 1. The molecule has 102 valence electrons. The fourth-order valence-electron chi connectivity index (χ4n) is 1.88. The first-order valence-corrected chi connectivity index (χ1v) is 6.46. The van der Waals surface area contributed by atoms with Gasteiger partial charge in [-0.3, -0.25) is 9.48 Å². The van der Waals surface area contributed by atoms with Crippen LogP contribution in [-0.2, 0) is 0 Å². The van der Waals surface area contributed by atoms with E-state index in [9.17, 15) is 4.79 Å². The van der Waals surface area contributed by atoms with Gasteiger partial charge in [0.15, 0.2) is 11.5 Å². The zero-order chi connectivity index (χ0) is 13.5. The minimum absolute atomic E-state index is 0.0927. The first-order chi connectivity index (χ1) is 8.61. The van der Waals surface area contributed by atoms with Gasteiger partial charge in [0.05, 0.1) is 13.3 Å². The highest BCUT2D eigenvalue weighted by Crippen LogP contribution is 2.23. The van der Waals surface area contributed by atoms with Crippen molar-refractivity contribution < 1.29 is 9.53 Å². The third-order valence-electron chi connectivity index (χ3n) is 2.84. The Morgan fingerprint density at radius 3 is 2.72 bits per heavy atom. The lowest BCUT2D eigenvalue weighted by Crippen LogP contribution is -2.13. The molecule has 1 aromatic heterocycles. The summed E-state index contributed by atoms with van der Waals surface area (Å²) in [5.74, 6) is 0.655. The zero-order valence-electron chi connectivity index (χ0n) is 11.5. The van der Waals surface area contributed by atoms with Crippen LogP contribution in [0.3, 0.4) is 0 Å². The molecule has 0 aliphatic heterocycles. The molecular formula is C13H23N3O2. The average molecular weight is 253 g/mol. The van der Waals surface area contributed by atoms with Crippen molar-refractivity contribution in [1.82, 2.24) is 9.78 Å². The summed E-state index contributed by atoms with van der Waals surface area (Å²) >= 11 is 0. The maximum Gasteiger partial charge on any atom is 0.184 e. The first kappa shape index (κ1) is 14.7. The molecule has 18 heavy (non-hydrogen) atoms. The van der Waals surface area contributed by atoms with Gasteiger partial charge >= 0.3 is 0 Å². The van der Waals surface area contributed by atoms with Crippen LogP contribution in [0.2, 0.25) is 0 Å². The number of aromatic nitrogens is 2. The van der Waals surface area contributed by atoms with E-state index < -0.39 is 0 Å². The standard InChI is InChI=1S/C13H23N3O2/c1-10(2)16-13(12(18-3)9-15-16)11(17)7-5-4-6-8-14/h9-10H,4-8,14H2,1-3H3. The quantitative estimate of drug-likeness (QED) is 0.569. The monoisotopic (exact) mass is 253 g/mol. The van der Waals surface area contributed by atoms with E-state index in [1.165, 1.54) is 0 Å². The van der Waals surface area contributed by atoms with Crippen LogP contribution in [-0.4, -0.2) is 29.2 Å². The van der Waals surface area contributed by atoms with Crippen LogP contribution in [0.15, 0.2) is 6.20 Å². The summed E-state index contributed by atoms with van der Waals surface area (Å²) < 4.78 is 6.93. The third-order valence-corrected chi connectivity index (χ3v) is 2.84. The number of nitrogens with two attached hydrogens (primary N) is 1. The number of nitrogens with zero attached hydrogens (tertiary/aromatic N) is 2. The maximum atomic E-state index is 12.2.